The fraction of sp³-hybridized carbons (Fsp3) is 0.444. The Bertz CT molecular complexity index is 758. The zero-order chi connectivity index (χ0) is 18.6. The number of carbonyl (C=O) groups is 1. The molecular weight excluding hydrogens is 334 g/mol. The minimum atomic E-state index is -1.02. The number of amides is 1. The molecule has 0 aromatic carbocycles. The summed E-state index contributed by atoms with van der Waals surface area (Å²) in [6.07, 6.45) is 5.47. The van der Waals surface area contributed by atoms with Gasteiger partial charge in [0.25, 0.3) is 5.91 Å². The van der Waals surface area contributed by atoms with Crippen LogP contribution in [0.5, 0.6) is 5.88 Å². The molecule has 8 heteroatoms. The van der Waals surface area contributed by atoms with E-state index in [9.17, 15) is 9.90 Å². The molecule has 8 nitrogen and oxygen atoms in total. The summed E-state index contributed by atoms with van der Waals surface area (Å²) in [6, 6.07) is 5.13. The normalized spacial score (nSPS) is 19.4. The van der Waals surface area contributed by atoms with E-state index in [1.807, 2.05) is 11.8 Å². The van der Waals surface area contributed by atoms with Crippen LogP contribution in [0, 0.1) is 0 Å². The van der Waals surface area contributed by atoms with E-state index < -0.39 is 5.60 Å². The SMILES string of the molecule is CCOc1ncccc1C(=O)N(C)C[C@@]1(O)CCN(c2ncccn2)C1. The van der Waals surface area contributed by atoms with Crippen molar-refractivity contribution in [2.45, 2.75) is 18.9 Å². The molecule has 0 bridgehead atoms. The minimum absolute atomic E-state index is 0.204. The molecule has 1 fully saturated rings. The average Bonchev–Trinajstić information content (AvgIpc) is 3.04. The summed E-state index contributed by atoms with van der Waals surface area (Å²) in [5, 5.41) is 10.9. The largest absolute Gasteiger partial charge is 0.477 e. The number of aromatic nitrogens is 3. The Morgan fingerprint density at radius 2 is 2.04 bits per heavy atom. The fourth-order valence-corrected chi connectivity index (χ4v) is 3.13. The lowest BCUT2D eigenvalue weighted by molar-refractivity contribution is 0.0262. The summed E-state index contributed by atoms with van der Waals surface area (Å²) in [6.45, 7) is 3.49. The number of rotatable bonds is 6. The summed E-state index contributed by atoms with van der Waals surface area (Å²) in [5.41, 5.74) is -0.626. The lowest BCUT2D eigenvalue weighted by atomic mass is 10.0. The van der Waals surface area contributed by atoms with Gasteiger partial charge in [0.05, 0.1) is 19.7 Å². The molecule has 26 heavy (non-hydrogen) atoms. The van der Waals surface area contributed by atoms with Crippen LogP contribution in [0.25, 0.3) is 0 Å². The third-order valence-electron chi connectivity index (χ3n) is 4.33. The maximum atomic E-state index is 12.8. The molecule has 1 N–H and O–H groups in total. The standard InChI is InChI=1S/C18H23N5O3/c1-3-26-15-14(6-4-8-19-15)16(24)22(2)12-18(25)7-11-23(13-18)17-20-9-5-10-21-17/h4-6,8-10,25H,3,7,11-13H2,1-2H3/t18-/m0/s1. The summed E-state index contributed by atoms with van der Waals surface area (Å²) in [7, 11) is 1.67. The molecule has 0 saturated carbocycles. The van der Waals surface area contributed by atoms with Crippen LogP contribution in [-0.4, -0.2) is 69.8 Å². The van der Waals surface area contributed by atoms with Crippen LogP contribution in [0.4, 0.5) is 5.95 Å². The zero-order valence-corrected chi connectivity index (χ0v) is 15.0. The van der Waals surface area contributed by atoms with E-state index in [0.717, 1.165) is 0 Å². The van der Waals surface area contributed by atoms with Gasteiger partial charge >= 0.3 is 0 Å². The van der Waals surface area contributed by atoms with Crippen LogP contribution in [0.3, 0.4) is 0 Å². The average molecular weight is 357 g/mol. The van der Waals surface area contributed by atoms with Gasteiger partial charge < -0.3 is 19.6 Å². The molecule has 0 spiro atoms. The molecule has 138 valence electrons. The molecule has 3 heterocycles. The van der Waals surface area contributed by atoms with Crippen molar-refractivity contribution in [3.8, 4) is 5.88 Å². The lowest BCUT2D eigenvalue weighted by Gasteiger charge is -2.29. The van der Waals surface area contributed by atoms with Gasteiger partial charge in [0.2, 0.25) is 11.8 Å². The van der Waals surface area contributed by atoms with Gasteiger partial charge in [0.15, 0.2) is 0 Å². The van der Waals surface area contributed by atoms with Gasteiger partial charge in [0.1, 0.15) is 11.2 Å². The highest BCUT2D eigenvalue weighted by molar-refractivity contribution is 5.96. The molecule has 1 saturated heterocycles. The second-order valence-electron chi connectivity index (χ2n) is 6.40. The van der Waals surface area contributed by atoms with Gasteiger partial charge in [-0.1, -0.05) is 0 Å². The van der Waals surface area contributed by atoms with Crippen LogP contribution in [0.1, 0.15) is 23.7 Å². The first-order valence-electron chi connectivity index (χ1n) is 8.60. The molecule has 2 aromatic heterocycles. The highest BCUT2D eigenvalue weighted by Crippen LogP contribution is 2.26. The Hall–Kier alpha value is -2.74. The number of nitrogens with zero attached hydrogens (tertiary/aromatic N) is 5. The highest BCUT2D eigenvalue weighted by atomic mass is 16.5. The number of likely N-dealkylation sites (N-methyl/N-ethyl adjacent to an activating group) is 1. The first-order chi connectivity index (χ1) is 12.5. The third-order valence-corrected chi connectivity index (χ3v) is 4.33. The lowest BCUT2D eigenvalue weighted by Crippen LogP contribution is -2.46. The van der Waals surface area contributed by atoms with Crippen molar-refractivity contribution in [2.24, 2.45) is 0 Å². The number of hydrogen-bond donors (Lipinski definition) is 1. The summed E-state index contributed by atoms with van der Waals surface area (Å²) < 4.78 is 5.43. The van der Waals surface area contributed by atoms with Crippen LogP contribution >= 0.6 is 0 Å². The second kappa shape index (κ2) is 7.65. The third kappa shape index (κ3) is 3.91. The number of ether oxygens (including phenoxy) is 1. The van der Waals surface area contributed by atoms with E-state index >= 15 is 0 Å². The van der Waals surface area contributed by atoms with Crippen molar-refractivity contribution in [1.82, 2.24) is 19.9 Å². The number of carbonyl (C=O) groups excluding carboxylic acids is 1. The number of hydrogen-bond acceptors (Lipinski definition) is 7. The van der Waals surface area contributed by atoms with Crippen LogP contribution in [0.15, 0.2) is 36.8 Å². The molecule has 0 aliphatic carbocycles. The molecule has 3 rings (SSSR count). The van der Waals surface area contributed by atoms with Gasteiger partial charge in [-0.05, 0) is 31.5 Å². The van der Waals surface area contributed by atoms with E-state index in [1.165, 1.54) is 4.90 Å². The van der Waals surface area contributed by atoms with E-state index in [4.69, 9.17) is 4.74 Å². The Morgan fingerprint density at radius 3 is 2.77 bits per heavy atom. The molecule has 1 amide bonds. The summed E-state index contributed by atoms with van der Waals surface area (Å²) in [4.78, 5) is 28.8. The monoisotopic (exact) mass is 357 g/mol. The molecule has 0 radical (unpaired) electrons. The molecular formula is C18H23N5O3. The van der Waals surface area contributed by atoms with Crippen molar-refractivity contribution in [1.29, 1.82) is 0 Å². The van der Waals surface area contributed by atoms with Crippen LogP contribution < -0.4 is 9.64 Å². The Labute approximate surface area is 152 Å². The topological polar surface area (TPSA) is 91.7 Å². The van der Waals surface area contributed by atoms with Crippen LogP contribution in [-0.2, 0) is 0 Å². The van der Waals surface area contributed by atoms with Crippen molar-refractivity contribution >= 4 is 11.9 Å². The summed E-state index contributed by atoms with van der Waals surface area (Å²) >= 11 is 0. The van der Waals surface area contributed by atoms with Gasteiger partial charge in [-0.3, -0.25) is 4.79 Å². The van der Waals surface area contributed by atoms with Gasteiger partial charge in [-0.25, -0.2) is 15.0 Å². The van der Waals surface area contributed by atoms with E-state index in [1.54, 1.807) is 43.8 Å². The first-order valence-corrected chi connectivity index (χ1v) is 8.60. The Balaban J connectivity index is 1.68. The number of pyridine rings is 1. The van der Waals surface area contributed by atoms with Crippen molar-refractivity contribution in [2.75, 3.05) is 38.2 Å². The van der Waals surface area contributed by atoms with Crippen molar-refractivity contribution in [3.05, 3.63) is 42.4 Å². The molecule has 1 atom stereocenters. The first kappa shape index (κ1) is 18.1. The molecule has 2 aromatic rings. The van der Waals surface area contributed by atoms with Crippen molar-refractivity contribution < 1.29 is 14.6 Å². The van der Waals surface area contributed by atoms with E-state index in [-0.39, 0.29) is 12.5 Å². The van der Waals surface area contributed by atoms with Gasteiger partial charge in [0, 0.05) is 32.2 Å². The molecule has 0 unspecified atom stereocenters. The smallest absolute Gasteiger partial charge is 0.259 e. The predicted octanol–water partition coefficient (Wildman–Crippen LogP) is 0.984. The molecule has 1 aliphatic rings. The highest BCUT2D eigenvalue weighted by Gasteiger charge is 2.39. The Kier molecular flexibility index (Phi) is 5.32. The second-order valence-corrected chi connectivity index (χ2v) is 6.40. The maximum Gasteiger partial charge on any atom is 0.259 e. The minimum Gasteiger partial charge on any atom is -0.477 e. The quantitative estimate of drug-likeness (QED) is 0.824. The fourth-order valence-electron chi connectivity index (χ4n) is 3.13. The van der Waals surface area contributed by atoms with E-state index in [2.05, 4.69) is 15.0 Å². The van der Waals surface area contributed by atoms with E-state index in [0.29, 0.717) is 43.5 Å². The number of aliphatic hydroxyl groups is 1. The number of anilines is 1. The number of β-amino-alcohol motifs (C(OH)–C–C–N with tert-alkyl or cyclic N) is 1. The molecule has 1 aliphatic heterocycles. The zero-order valence-electron chi connectivity index (χ0n) is 15.0. The van der Waals surface area contributed by atoms with Crippen LogP contribution in [0.2, 0.25) is 0 Å². The maximum absolute atomic E-state index is 12.8. The predicted molar refractivity (Wildman–Crippen MR) is 96.2 cm³/mol. The van der Waals surface area contributed by atoms with Gasteiger partial charge in [-0.2, -0.15) is 0 Å². The van der Waals surface area contributed by atoms with Crippen molar-refractivity contribution in [3.63, 3.8) is 0 Å². The summed E-state index contributed by atoms with van der Waals surface area (Å²) in [5.74, 6) is 0.664. The Morgan fingerprint density at radius 1 is 1.31 bits per heavy atom. The van der Waals surface area contributed by atoms with Gasteiger partial charge in [-0.15, -0.1) is 0 Å².